The van der Waals surface area contributed by atoms with Gasteiger partial charge in [0.15, 0.2) is 0 Å². The summed E-state index contributed by atoms with van der Waals surface area (Å²) < 4.78 is 10.9. The molecule has 2 aromatic rings. The minimum Gasteiger partial charge on any atom is -0.497 e. The van der Waals surface area contributed by atoms with E-state index in [4.69, 9.17) is 9.47 Å². The number of hydrogen-bond acceptors (Lipinski definition) is 4. The summed E-state index contributed by atoms with van der Waals surface area (Å²) in [5, 5.41) is 3.07. The van der Waals surface area contributed by atoms with Crippen LogP contribution in [0.15, 0.2) is 48.5 Å². The fourth-order valence-corrected chi connectivity index (χ4v) is 4.19. The van der Waals surface area contributed by atoms with Gasteiger partial charge in [0, 0.05) is 43.6 Å². The second-order valence-corrected chi connectivity index (χ2v) is 9.56. The van der Waals surface area contributed by atoms with Crippen LogP contribution in [0.25, 0.3) is 0 Å². The minimum atomic E-state index is -0.357. The van der Waals surface area contributed by atoms with Gasteiger partial charge in [-0.3, -0.25) is 9.59 Å². The van der Waals surface area contributed by atoms with Gasteiger partial charge in [0.2, 0.25) is 11.8 Å². The van der Waals surface area contributed by atoms with E-state index in [1.54, 1.807) is 14.2 Å². The molecule has 3 rings (SSSR count). The quantitative estimate of drug-likeness (QED) is 0.710. The largest absolute Gasteiger partial charge is 0.497 e. The number of methoxy groups -OCH3 is 2. The number of hydrogen-bond donors (Lipinski definition) is 1. The fourth-order valence-electron chi connectivity index (χ4n) is 4.19. The van der Waals surface area contributed by atoms with E-state index in [0.29, 0.717) is 37.6 Å². The summed E-state index contributed by atoms with van der Waals surface area (Å²) in [5.41, 5.74) is 1.84. The highest BCUT2D eigenvalue weighted by Gasteiger charge is 2.42. The molecule has 2 aromatic carbocycles. The molecule has 2 atom stereocenters. The third-order valence-corrected chi connectivity index (χ3v) is 5.84. The van der Waals surface area contributed by atoms with Gasteiger partial charge >= 0.3 is 0 Å². The Kier molecular flexibility index (Phi) is 7.44. The molecule has 1 heterocycles. The Morgan fingerprint density at radius 3 is 2.38 bits per heavy atom. The fraction of sp³-hybridized carbons (Fsp3) is 0.462. The van der Waals surface area contributed by atoms with Crippen LogP contribution in [-0.2, 0) is 16.1 Å². The number of carbonyl (C=O) groups is 2. The van der Waals surface area contributed by atoms with E-state index < -0.39 is 0 Å². The molecule has 172 valence electrons. The number of carbonyl (C=O) groups excluding carboxylic acids is 2. The van der Waals surface area contributed by atoms with Crippen LogP contribution in [-0.4, -0.2) is 44.0 Å². The second kappa shape index (κ2) is 10.1. The van der Waals surface area contributed by atoms with E-state index in [1.165, 1.54) is 0 Å². The summed E-state index contributed by atoms with van der Waals surface area (Å²) in [7, 11) is 3.22. The predicted octanol–water partition coefficient (Wildman–Crippen LogP) is 4.00. The third-order valence-electron chi connectivity index (χ3n) is 5.84. The van der Waals surface area contributed by atoms with Crippen LogP contribution < -0.4 is 14.8 Å². The maximum Gasteiger partial charge on any atom is 0.225 e. The van der Waals surface area contributed by atoms with Crippen LogP contribution in [0, 0.1) is 11.3 Å². The minimum absolute atomic E-state index is 0.0530. The lowest BCUT2D eigenvalue weighted by Crippen LogP contribution is -2.36. The number of ether oxygens (including phenoxy) is 2. The molecule has 0 aliphatic carbocycles. The molecule has 6 nitrogen and oxygen atoms in total. The average Bonchev–Trinajstić information content (AvgIpc) is 3.22. The van der Waals surface area contributed by atoms with Gasteiger partial charge in [-0.05, 0) is 17.0 Å². The zero-order valence-corrected chi connectivity index (χ0v) is 19.7. The molecule has 1 N–H and O–H groups in total. The highest BCUT2D eigenvalue weighted by molar-refractivity contribution is 5.83. The second-order valence-electron chi connectivity index (χ2n) is 9.56. The molecule has 1 aliphatic rings. The molecule has 0 aromatic heterocycles. The molecule has 2 amide bonds. The lowest BCUT2D eigenvalue weighted by Gasteiger charge is -2.23. The van der Waals surface area contributed by atoms with Crippen molar-refractivity contribution in [3.05, 3.63) is 59.7 Å². The Hall–Kier alpha value is -3.02. The number of nitrogens with zero attached hydrogens (tertiary/aromatic N) is 1. The molecule has 0 radical (unpaired) electrons. The Balaban J connectivity index is 1.85. The Bertz CT molecular complexity index is 937. The Labute approximate surface area is 190 Å². The number of nitrogens with one attached hydrogen (secondary N) is 1. The van der Waals surface area contributed by atoms with Gasteiger partial charge in [0.1, 0.15) is 11.5 Å². The van der Waals surface area contributed by atoms with Crippen molar-refractivity contribution >= 4 is 11.8 Å². The molecule has 1 fully saturated rings. The van der Waals surface area contributed by atoms with Gasteiger partial charge in [0.05, 0.1) is 20.1 Å². The normalized spacial score (nSPS) is 18.3. The van der Waals surface area contributed by atoms with Crippen LogP contribution in [0.1, 0.15) is 44.2 Å². The first kappa shape index (κ1) is 23.6. The highest BCUT2D eigenvalue weighted by Crippen LogP contribution is 2.40. The molecule has 6 heteroatoms. The molecule has 0 spiro atoms. The van der Waals surface area contributed by atoms with E-state index in [0.717, 1.165) is 11.1 Å². The number of amides is 2. The summed E-state index contributed by atoms with van der Waals surface area (Å²) in [6.07, 6.45) is 0.442. The van der Waals surface area contributed by atoms with E-state index in [1.807, 2.05) is 53.4 Å². The first-order chi connectivity index (χ1) is 15.2. The van der Waals surface area contributed by atoms with Crippen molar-refractivity contribution in [1.82, 2.24) is 10.2 Å². The topological polar surface area (TPSA) is 67.9 Å². The highest BCUT2D eigenvalue weighted by atomic mass is 16.5. The van der Waals surface area contributed by atoms with Crippen LogP contribution in [0.5, 0.6) is 11.5 Å². The number of rotatable bonds is 7. The van der Waals surface area contributed by atoms with Crippen molar-refractivity contribution in [3.63, 3.8) is 0 Å². The molecule has 1 aliphatic heterocycles. The van der Waals surface area contributed by atoms with Crippen LogP contribution >= 0.6 is 0 Å². The average molecular weight is 439 g/mol. The third kappa shape index (κ3) is 5.81. The number of likely N-dealkylation sites (tertiary alicyclic amines) is 1. The molecule has 0 saturated carbocycles. The summed E-state index contributed by atoms with van der Waals surface area (Å²) in [4.78, 5) is 28.1. The van der Waals surface area contributed by atoms with E-state index >= 15 is 0 Å². The molecular formula is C26H34N2O4. The summed E-state index contributed by atoms with van der Waals surface area (Å²) in [6.45, 7) is 7.49. The summed E-state index contributed by atoms with van der Waals surface area (Å²) in [6, 6.07) is 15.5. The van der Waals surface area contributed by atoms with Gasteiger partial charge in [0.25, 0.3) is 0 Å². The maximum absolute atomic E-state index is 13.3. The van der Waals surface area contributed by atoms with E-state index in [2.05, 4.69) is 26.1 Å². The van der Waals surface area contributed by atoms with Gasteiger partial charge in [-0.2, -0.15) is 0 Å². The van der Waals surface area contributed by atoms with Crippen molar-refractivity contribution in [2.45, 2.75) is 39.7 Å². The standard InChI is InChI=1S/C26H34N2O4/c1-26(2,3)14-24(29)28-16-21(20-12-11-19(31-4)13-23(20)32-5)22(17-28)25(30)27-15-18-9-7-6-8-10-18/h6-13,21-22H,14-17H2,1-5H3,(H,27,30)/t21-,22+/m1/s1. The maximum atomic E-state index is 13.3. The Morgan fingerprint density at radius 2 is 1.75 bits per heavy atom. The summed E-state index contributed by atoms with van der Waals surface area (Å²) >= 11 is 0. The lowest BCUT2D eigenvalue weighted by molar-refractivity contribution is -0.132. The molecule has 32 heavy (non-hydrogen) atoms. The first-order valence-corrected chi connectivity index (χ1v) is 11.0. The van der Waals surface area contributed by atoms with Gasteiger partial charge in [-0.25, -0.2) is 0 Å². The van der Waals surface area contributed by atoms with Gasteiger partial charge < -0.3 is 19.7 Å². The van der Waals surface area contributed by atoms with Crippen LogP contribution in [0.3, 0.4) is 0 Å². The summed E-state index contributed by atoms with van der Waals surface area (Å²) in [5.74, 6) is 0.867. The molecule has 0 unspecified atom stereocenters. The molecule has 0 bridgehead atoms. The van der Waals surface area contributed by atoms with Crippen molar-refractivity contribution < 1.29 is 19.1 Å². The van der Waals surface area contributed by atoms with Gasteiger partial charge in [-0.15, -0.1) is 0 Å². The predicted molar refractivity (Wildman–Crippen MR) is 125 cm³/mol. The SMILES string of the molecule is COc1ccc([C@H]2CN(C(=O)CC(C)(C)C)C[C@@H]2C(=O)NCc2ccccc2)c(OC)c1. The smallest absolute Gasteiger partial charge is 0.225 e. The monoisotopic (exact) mass is 438 g/mol. The number of benzene rings is 2. The van der Waals surface area contributed by atoms with Crippen molar-refractivity contribution in [1.29, 1.82) is 0 Å². The zero-order valence-electron chi connectivity index (χ0n) is 19.7. The van der Waals surface area contributed by atoms with E-state index in [-0.39, 0.29) is 29.1 Å². The zero-order chi connectivity index (χ0) is 23.3. The van der Waals surface area contributed by atoms with Crippen LogP contribution in [0.4, 0.5) is 0 Å². The van der Waals surface area contributed by atoms with Crippen molar-refractivity contribution in [2.24, 2.45) is 11.3 Å². The van der Waals surface area contributed by atoms with Crippen molar-refractivity contribution in [3.8, 4) is 11.5 Å². The lowest BCUT2D eigenvalue weighted by atomic mass is 9.87. The van der Waals surface area contributed by atoms with Gasteiger partial charge in [-0.1, -0.05) is 57.2 Å². The van der Waals surface area contributed by atoms with Crippen molar-refractivity contribution in [2.75, 3.05) is 27.3 Å². The molecule has 1 saturated heterocycles. The van der Waals surface area contributed by atoms with Crippen LogP contribution in [0.2, 0.25) is 0 Å². The Morgan fingerprint density at radius 1 is 1.03 bits per heavy atom. The molecular weight excluding hydrogens is 404 g/mol. The van der Waals surface area contributed by atoms with E-state index in [9.17, 15) is 9.59 Å². The first-order valence-electron chi connectivity index (χ1n) is 11.0.